The van der Waals surface area contributed by atoms with Crippen molar-refractivity contribution in [3.8, 4) is 0 Å². The highest BCUT2D eigenvalue weighted by molar-refractivity contribution is 6.30. The predicted molar refractivity (Wildman–Crippen MR) is 112 cm³/mol. The number of nitrogens with zero attached hydrogens (tertiary/aromatic N) is 2. The molecule has 2 aromatic carbocycles. The molecule has 5 nitrogen and oxygen atoms in total. The van der Waals surface area contributed by atoms with E-state index in [1.54, 1.807) is 5.01 Å². The molecule has 1 N–H and O–H groups in total. The van der Waals surface area contributed by atoms with Gasteiger partial charge < -0.3 is 9.64 Å². The molecule has 0 saturated carbocycles. The van der Waals surface area contributed by atoms with E-state index in [4.69, 9.17) is 21.4 Å². The Morgan fingerprint density at radius 3 is 2.69 bits per heavy atom. The lowest BCUT2D eigenvalue weighted by atomic mass is 9.77. The molecule has 6 heteroatoms. The topological polar surface area (TPSA) is 46.3 Å². The van der Waals surface area contributed by atoms with E-state index in [9.17, 15) is 4.79 Å². The lowest BCUT2D eigenvalue weighted by molar-refractivity contribution is -0.900. The maximum atomic E-state index is 13.4. The van der Waals surface area contributed by atoms with Gasteiger partial charge in [-0.3, -0.25) is 4.79 Å². The summed E-state index contributed by atoms with van der Waals surface area (Å²) in [6, 6.07) is 16.3. The number of carbonyl (C=O) groups is 1. The van der Waals surface area contributed by atoms with Crippen molar-refractivity contribution in [2.24, 2.45) is 11.0 Å². The molecule has 1 saturated heterocycles. The van der Waals surface area contributed by atoms with Crippen molar-refractivity contribution in [1.82, 2.24) is 5.01 Å². The second-order valence-electron chi connectivity index (χ2n) is 8.06. The number of ether oxygens (including phenoxy) is 1. The van der Waals surface area contributed by atoms with Gasteiger partial charge in [0, 0.05) is 16.5 Å². The summed E-state index contributed by atoms with van der Waals surface area (Å²) in [5.41, 5.74) is 4.67. The number of carbonyl (C=O) groups excluding carboxylic acids is 1. The van der Waals surface area contributed by atoms with Gasteiger partial charge in [-0.05, 0) is 36.1 Å². The van der Waals surface area contributed by atoms with Gasteiger partial charge in [0.2, 0.25) is 0 Å². The Bertz CT molecular complexity index is 937. The zero-order chi connectivity index (χ0) is 19.8. The summed E-state index contributed by atoms with van der Waals surface area (Å²) in [7, 11) is 0. The minimum Gasteiger partial charge on any atom is -0.370 e. The molecule has 0 aromatic heterocycles. The van der Waals surface area contributed by atoms with E-state index >= 15 is 0 Å². The van der Waals surface area contributed by atoms with E-state index in [0.29, 0.717) is 24.8 Å². The van der Waals surface area contributed by atoms with E-state index in [1.165, 1.54) is 16.0 Å². The number of fused-ring (bicyclic) bond motifs is 3. The SMILES string of the molecule is O=C(C[NH+]1CCOCC1)N1N=C2c3ccccc3CC[C@H]2[C@H]1c1ccc(Cl)cc1. The second kappa shape index (κ2) is 7.90. The van der Waals surface area contributed by atoms with E-state index in [1.807, 2.05) is 24.3 Å². The zero-order valence-electron chi connectivity index (χ0n) is 16.3. The Balaban J connectivity index is 1.50. The van der Waals surface area contributed by atoms with Crippen LogP contribution >= 0.6 is 11.6 Å². The Kier molecular flexibility index (Phi) is 5.12. The van der Waals surface area contributed by atoms with Crippen LogP contribution in [0.5, 0.6) is 0 Å². The number of halogens is 1. The lowest BCUT2D eigenvalue weighted by Gasteiger charge is -2.30. The summed E-state index contributed by atoms with van der Waals surface area (Å²) in [5.74, 6) is 0.302. The van der Waals surface area contributed by atoms with Gasteiger partial charge in [-0.25, -0.2) is 5.01 Å². The number of quaternary nitrogens is 1. The third kappa shape index (κ3) is 3.59. The highest BCUT2D eigenvalue weighted by atomic mass is 35.5. The van der Waals surface area contributed by atoms with E-state index in [-0.39, 0.29) is 17.9 Å². The lowest BCUT2D eigenvalue weighted by Crippen LogP contribution is -3.15. The van der Waals surface area contributed by atoms with Gasteiger partial charge in [0.1, 0.15) is 13.1 Å². The van der Waals surface area contributed by atoms with Crippen molar-refractivity contribution >= 4 is 23.2 Å². The average molecular weight is 411 g/mol. The molecule has 2 aromatic rings. The number of hydrogen-bond acceptors (Lipinski definition) is 3. The Labute approximate surface area is 175 Å². The zero-order valence-corrected chi connectivity index (χ0v) is 17.1. The van der Waals surface area contributed by atoms with Gasteiger partial charge in [0.05, 0.1) is 25.0 Å². The monoisotopic (exact) mass is 410 g/mol. The predicted octanol–water partition coefficient (Wildman–Crippen LogP) is 2.11. The van der Waals surface area contributed by atoms with Crippen LogP contribution in [0, 0.1) is 5.92 Å². The third-order valence-corrected chi connectivity index (χ3v) is 6.55. The number of amides is 1. The molecule has 29 heavy (non-hydrogen) atoms. The fourth-order valence-corrected chi connectivity index (χ4v) is 4.92. The van der Waals surface area contributed by atoms with Crippen molar-refractivity contribution in [2.45, 2.75) is 18.9 Å². The second-order valence-corrected chi connectivity index (χ2v) is 8.50. The number of nitrogens with one attached hydrogen (secondary N) is 1. The molecule has 0 unspecified atom stereocenters. The van der Waals surface area contributed by atoms with Crippen LogP contribution in [0.4, 0.5) is 0 Å². The number of hydrazone groups is 1. The fraction of sp³-hybridized carbons (Fsp3) is 0.391. The molecular formula is C23H25ClN3O2+. The highest BCUT2D eigenvalue weighted by Gasteiger charge is 2.44. The van der Waals surface area contributed by atoms with Gasteiger partial charge in [-0.15, -0.1) is 0 Å². The molecule has 0 bridgehead atoms. The number of rotatable bonds is 3. The van der Waals surface area contributed by atoms with Crippen LogP contribution in [-0.4, -0.2) is 49.5 Å². The summed E-state index contributed by atoms with van der Waals surface area (Å²) in [6.07, 6.45) is 2.01. The first-order valence-corrected chi connectivity index (χ1v) is 10.7. The standard InChI is InChI=1S/C23H24ClN3O2/c24-18-8-5-17(6-9-18)23-20-10-7-16-3-1-2-4-19(16)22(20)25-27(23)21(28)15-26-11-13-29-14-12-26/h1-6,8-9,20,23H,7,10-15H2/p+1/t20-,23-/m1/s1. The van der Waals surface area contributed by atoms with Gasteiger partial charge in [-0.1, -0.05) is 48.0 Å². The number of morpholine rings is 1. The molecule has 5 rings (SSSR count). The molecule has 0 radical (unpaired) electrons. The molecule has 3 aliphatic rings. The van der Waals surface area contributed by atoms with Crippen LogP contribution in [0.15, 0.2) is 53.6 Å². The van der Waals surface area contributed by atoms with Crippen molar-refractivity contribution in [3.63, 3.8) is 0 Å². The summed E-state index contributed by atoms with van der Waals surface area (Å²) < 4.78 is 5.44. The summed E-state index contributed by atoms with van der Waals surface area (Å²) >= 11 is 6.13. The first-order chi connectivity index (χ1) is 14.2. The maximum Gasteiger partial charge on any atom is 0.298 e. The maximum absolute atomic E-state index is 13.4. The van der Waals surface area contributed by atoms with Gasteiger partial charge in [-0.2, -0.15) is 5.10 Å². The van der Waals surface area contributed by atoms with Crippen LogP contribution in [-0.2, 0) is 16.0 Å². The Hall–Kier alpha value is -2.21. The molecule has 150 valence electrons. The molecule has 1 amide bonds. The van der Waals surface area contributed by atoms with Crippen LogP contribution in [0.3, 0.4) is 0 Å². The van der Waals surface area contributed by atoms with E-state index in [2.05, 4.69) is 24.3 Å². The van der Waals surface area contributed by atoms with Crippen molar-refractivity contribution in [3.05, 3.63) is 70.2 Å². The molecular weight excluding hydrogens is 386 g/mol. The van der Waals surface area contributed by atoms with Gasteiger partial charge in [0.25, 0.3) is 5.91 Å². The average Bonchev–Trinajstić information content (AvgIpc) is 3.15. The first kappa shape index (κ1) is 18.8. The van der Waals surface area contributed by atoms with Crippen LogP contribution in [0.25, 0.3) is 0 Å². The molecule has 2 heterocycles. The number of benzene rings is 2. The first-order valence-electron chi connectivity index (χ1n) is 10.4. The van der Waals surface area contributed by atoms with Crippen molar-refractivity contribution < 1.29 is 14.4 Å². The molecule has 2 atom stereocenters. The normalized spacial score (nSPS) is 24.0. The smallest absolute Gasteiger partial charge is 0.298 e. The van der Waals surface area contributed by atoms with Crippen molar-refractivity contribution in [2.75, 3.05) is 32.8 Å². The van der Waals surface area contributed by atoms with Crippen LogP contribution in [0.1, 0.15) is 29.2 Å². The summed E-state index contributed by atoms with van der Waals surface area (Å²) in [5, 5.41) is 7.38. The molecule has 0 spiro atoms. The minimum atomic E-state index is -0.0661. The Morgan fingerprint density at radius 1 is 1.14 bits per heavy atom. The summed E-state index contributed by atoms with van der Waals surface area (Å²) in [4.78, 5) is 14.6. The fourth-order valence-electron chi connectivity index (χ4n) is 4.80. The summed E-state index contributed by atoms with van der Waals surface area (Å²) in [6.45, 7) is 3.63. The number of aryl methyl sites for hydroxylation is 1. The molecule has 2 aliphatic heterocycles. The van der Waals surface area contributed by atoms with E-state index in [0.717, 1.165) is 37.2 Å². The largest absolute Gasteiger partial charge is 0.370 e. The highest BCUT2D eigenvalue weighted by Crippen LogP contribution is 2.43. The van der Waals surface area contributed by atoms with Gasteiger partial charge >= 0.3 is 0 Å². The van der Waals surface area contributed by atoms with Crippen LogP contribution in [0.2, 0.25) is 5.02 Å². The number of hydrogen-bond donors (Lipinski definition) is 1. The van der Waals surface area contributed by atoms with E-state index < -0.39 is 0 Å². The van der Waals surface area contributed by atoms with Crippen molar-refractivity contribution in [1.29, 1.82) is 0 Å². The molecule has 1 aliphatic carbocycles. The quantitative estimate of drug-likeness (QED) is 0.842. The van der Waals surface area contributed by atoms with Crippen LogP contribution < -0.4 is 4.90 Å². The Morgan fingerprint density at radius 2 is 1.90 bits per heavy atom. The minimum absolute atomic E-state index is 0.0661. The molecule has 1 fully saturated rings. The van der Waals surface area contributed by atoms with Gasteiger partial charge in [0.15, 0.2) is 6.54 Å². The third-order valence-electron chi connectivity index (χ3n) is 6.30.